The number of aromatic nitrogens is 2. The number of para-hydroxylation sites is 1. The largest absolute Gasteiger partial charge is 0.368 e. The van der Waals surface area contributed by atoms with Crippen LogP contribution in [-0.2, 0) is 18.3 Å². The molecule has 0 spiro atoms. The summed E-state index contributed by atoms with van der Waals surface area (Å²) in [7, 11) is 2.07. The fraction of sp³-hybridized carbons (Fsp3) is 0.462. The summed E-state index contributed by atoms with van der Waals surface area (Å²) in [5.74, 6) is 0.564. The van der Waals surface area contributed by atoms with Gasteiger partial charge in [0.1, 0.15) is 5.65 Å². The molecule has 2 fully saturated rings. The van der Waals surface area contributed by atoms with Crippen LogP contribution < -0.4 is 4.90 Å². The predicted molar refractivity (Wildman–Crippen MR) is 129 cm³/mol. The Morgan fingerprint density at radius 3 is 2.47 bits per heavy atom. The molecule has 1 amide bonds. The van der Waals surface area contributed by atoms with Crippen molar-refractivity contribution < 1.29 is 4.79 Å². The molecule has 0 aliphatic carbocycles. The van der Waals surface area contributed by atoms with Gasteiger partial charge in [0.25, 0.3) is 0 Å². The van der Waals surface area contributed by atoms with Crippen molar-refractivity contribution in [2.24, 2.45) is 13.0 Å². The van der Waals surface area contributed by atoms with Crippen molar-refractivity contribution in [2.75, 3.05) is 50.7 Å². The monoisotopic (exact) mass is 431 g/mol. The van der Waals surface area contributed by atoms with E-state index in [1.165, 1.54) is 16.6 Å². The van der Waals surface area contributed by atoms with Crippen LogP contribution in [0.25, 0.3) is 11.0 Å². The minimum atomic E-state index is 0.191. The molecule has 0 N–H and O–H groups in total. The van der Waals surface area contributed by atoms with E-state index in [0.717, 1.165) is 70.7 Å². The normalized spacial score (nSPS) is 18.4. The van der Waals surface area contributed by atoms with Crippen LogP contribution in [0.2, 0.25) is 0 Å². The lowest BCUT2D eigenvalue weighted by atomic mass is 9.94. The lowest BCUT2D eigenvalue weighted by Gasteiger charge is -2.39. The average molecular weight is 432 g/mol. The fourth-order valence-corrected chi connectivity index (χ4v) is 5.26. The van der Waals surface area contributed by atoms with Crippen LogP contribution in [0.1, 0.15) is 18.4 Å². The van der Waals surface area contributed by atoms with E-state index >= 15 is 0 Å². The number of aryl methyl sites for hydroxylation is 1. The number of pyridine rings is 1. The second kappa shape index (κ2) is 9.33. The molecule has 2 aromatic heterocycles. The van der Waals surface area contributed by atoms with Gasteiger partial charge in [0.2, 0.25) is 5.91 Å². The molecule has 3 aromatic rings. The Labute approximate surface area is 190 Å². The van der Waals surface area contributed by atoms with Crippen molar-refractivity contribution in [3.05, 3.63) is 60.4 Å². The summed E-state index contributed by atoms with van der Waals surface area (Å²) in [6.45, 7) is 6.60. The van der Waals surface area contributed by atoms with E-state index in [2.05, 4.69) is 73.9 Å². The third kappa shape index (κ3) is 4.37. The first-order valence-electron chi connectivity index (χ1n) is 11.9. The second-order valence-corrected chi connectivity index (χ2v) is 9.15. The highest BCUT2D eigenvalue weighted by Crippen LogP contribution is 2.24. The zero-order valence-corrected chi connectivity index (χ0v) is 19.0. The molecule has 2 aliphatic rings. The molecule has 32 heavy (non-hydrogen) atoms. The number of nitrogens with zero attached hydrogens (tertiary/aromatic N) is 5. The van der Waals surface area contributed by atoms with Crippen LogP contribution in [0.5, 0.6) is 0 Å². The van der Waals surface area contributed by atoms with E-state index in [4.69, 9.17) is 0 Å². The number of anilines is 1. The van der Waals surface area contributed by atoms with E-state index in [1.54, 1.807) is 0 Å². The maximum atomic E-state index is 13.1. The highest BCUT2D eigenvalue weighted by molar-refractivity contribution is 5.80. The quantitative estimate of drug-likeness (QED) is 0.623. The zero-order chi connectivity index (χ0) is 21.9. The van der Waals surface area contributed by atoms with Crippen LogP contribution in [0.15, 0.2) is 54.9 Å². The van der Waals surface area contributed by atoms with Gasteiger partial charge < -0.3 is 19.3 Å². The number of rotatable bonds is 5. The average Bonchev–Trinajstić information content (AvgIpc) is 3.19. The van der Waals surface area contributed by atoms with Gasteiger partial charge in [0, 0.05) is 69.2 Å². The standard InChI is InChI=1S/C26H33N5O/c1-28-20-22(24-8-5-12-27-25(24)28)11-15-29-13-9-21(10-14-29)26(32)31-18-16-30(17-19-31)23-6-3-2-4-7-23/h2-8,12,20-21H,9-11,13-19H2,1H3. The number of fused-ring (bicyclic) bond motifs is 1. The topological polar surface area (TPSA) is 44.6 Å². The first-order valence-corrected chi connectivity index (χ1v) is 11.9. The van der Waals surface area contributed by atoms with Gasteiger partial charge >= 0.3 is 0 Å². The van der Waals surface area contributed by atoms with E-state index < -0.39 is 0 Å². The summed E-state index contributed by atoms with van der Waals surface area (Å²) in [5, 5.41) is 1.26. The molecule has 4 heterocycles. The van der Waals surface area contributed by atoms with Gasteiger partial charge in [-0.05, 0) is 62.2 Å². The van der Waals surface area contributed by atoms with Gasteiger partial charge in [-0.1, -0.05) is 18.2 Å². The van der Waals surface area contributed by atoms with E-state index in [0.29, 0.717) is 5.91 Å². The molecule has 6 nitrogen and oxygen atoms in total. The minimum Gasteiger partial charge on any atom is -0.368 e. The Hall–Kier alpha value is -2.86. The first kappa shape index (κ1) is 21.0. The van der Waals surface area contributed by atoms with E-state index in [1.807, 2.05) is 12.3 Å². The molecular formula is C26H33N5O. The van der Waals surface area contributed by atoms with Gasteiger partial charge in [-0.25, -0.2) is 4.98 Å². The molecule has 0 atom stereocenters. The lowest BCUT2D eigenvalue weighted by molar-refractivity contribution is -0.137. The smallest absolute Gasteiger partial charge is 0.225 e. The summed E-state index contributed by atoms with van der Waals surface area (Å²) in [4.78, 5) is 24.6. The number of hydrogen-bond donors (Lipinski definition) is 0. The number of benzene rings is 1. The third-order valence-electron chi connectivity index (χ3n) is 7.16. The summed E-state index contributed by atoms with van der Waals surface area (Å²) in [5.41, 5.74) is 3.68. The summed E-state index contributed by atoms with van der Waals surface area (Å²) in [6, 6.07) is 14.7. The molecule has 2 saturated heterocycles. The van der Waals surface area contributed by atoms with Crippen molar-refractivity contribution in [3.8, 4) is 0 Å². The SMILES string of the molecule is Cn1cc(CCN2CCC(C(=O)N3CCN(c4ccccc4)CC3)CC2)c2cccnc21. The van der Waals surface area contributed by atoms with Crippen molar-refractivity contribution in [2.45, 2.75) is 19.3 Å². The van der Waals surface area contributed by atoms with E-state index in [-0.39, 0.29) is 5.92 Å². The van der Waals surface area contributed by atoms with Crippen molar-refractivity contribution in [1.82, 2.24) is 19.4 Å². The van der Waals surface area contributed by atoms with Crippen LogP contribution in [0.3, 0.4) is 0 Å². The molecular weight excluding hydrogens is 398 g/mol. The van der Waals surface area contributed by atoms with Crippen LogP contribution in [0, 0.1) is 5.92 Å². The van der Waals surface area contributed by atoms with Crippen LogP contribution in [0.4, 0.5) is 5.69 Å². The lowest BCUT2D eigenvalue weighted by Crippen LogP contribution is -2.51. The molecule has 5 rings (SSSR count). The number of carbonyl (C=O) groups is 1. The second-order valence-electron chi connectivity index (χ2n) is 9.15. The highest BCUT2D eigenvalue weighted by atomic mass is 16.2. The van der Waals surface area contributed by atoms with Gasteiger partial charge in [-0.15, -0.1) is 0 Å². The van der Waals surface area contributed by atoms with Gasteiger partial charge in [0.15, 0.2) is 0 Å². The molecule has 0 bridgehead atoms. The number of amides is 1. The molecule has 6 heteroatoms. The van der Waals surface area contributed by atoms with Crippen molar-refractivity contribution >= 4 is 22.6 Å². The summed E-state index contributed by atoms with van der Waals surface area (Å²) >= 11 is 0. The fourth-order valence-electron chi connectivity index (χ4n) is 5.26. The number of carbonyl (C=O) groups excluding carboxylic acids is 1. The maximum absolute atomic E-state index is 13.1. The third-order valence-corrected chi connectivity index (χ3v) is 7.16. The molecule has 0 saturated carbocycles. The Morgan fingerprint density at radius 2 is 1.72 bits per heavy atom. The van der Waals surface area contributed by atoms with Crippen LogP contribution >= 0.6 is 0 Å². The number of likely N-dealkylation sites (tertiary alicyclic amines) is 1. The summed E-state index contributed by atoms with van der Waals surface area (Å²) < 4.78 is 2.12. The first-order chi connectivity index (χ1) is 15.7. The Kier molecular flexibility index (Phi) is 6.12. The van der Waals surface area contributed by atoms with Crippen molar-refractivity contribution in [3.63, 3.8) is 0 Å². The molecule has 0 unspecified atom stereocenters. The predicted octanol–water partition coefficient (Wildman–Crippen LogP) is 3.18. The molecule has 2 aliphatic heterocycles. The Morgan fingerprint density at radius 1 is 0.969 bits per heavy atom. The Balaban J connectivity index is 1.09. The van der Waals surface area contributed by atoms with Gasteiger partial charge in [-0.2, -0.15) is 0 Å². The maximum Gasteiger partial charge on any atom is 0.225 e. The molecule has 168 valence electrons. The van der Waals surface area contributed by atoms with Crippen LogP contribution in [-0.4, -0.2) is 71.1 Å². The summed E-state index contributed by atoms with van der Waals surface area (Å²) in [6.07, 6.45) is 7.06. The molecule has 1 aromatic carbocycles. The molecule has 0 radical (unpaired) electrons. The highest BCUT2D eigenvalue weighted by Gasteiger charge is 2.30. The number of piperazine rings is 1. The van der Waals surface area contributed by atoms with Gasteiger partial charge in [0.05, 0.1) is 0 Å². The van der Waals surface area contributed by atoms with Gasteiger partial charge in [-0.3, -0.25) is 4.79 Å². The Bertz CT molecular complexity index is 1050. The zero-order valence-electron chi connectivity index (χ0n) is 19.0. The number of piperidine rings is 1. The van der Waals surface area contributed by atoms with E-state index in [9.17, 15) is 4.79 Å². The minimum absolute atomic E-state index is 0.191. The number of hydrogen-bond acceptors (Lipinski definition) is 4. The van der Waals surface area contributed by atoms with Crippen molar-refractivity contribution in [1.29, 1.82) is 0 Å².